The molecule has 0 aromatic heterocycles. The van der Waals surface area contributed by atoms with Gasteiger partial charge in [-0.3, -0.25) is 15.0 Å². The van der Waals surface area contributed by atoms with Gasteiger partial charge in [-0.2, -0.15) is 0 Å². The number of aliphatic hydroxyl groups is 3. The van der Waals surface area contributed by atoms with Gasteiger partial charge in [-0.15, -0.1) is 0 Å². The van der Waals surface area contributed by atoms with Gasteiger partial charge in [0.2, 0.25) is 5.91 Å². The zero-order valence-electron chi connectivity index (χ0n) is 10.7. The summed E-state index contributed by atoms with van der Waals surface area (Å²) >= 11 is 0. The monoisotopic (exact) mass is 274 g/mol. The molecule has 1 heterocycles. The van der Waals surface area contributed by atoms with Crippen LogP contribution in [0.25, 0.3) is 0 Å². The zero-order valence-corrected chi connectivity index (χ0v) is 10.7. The van der Waals surface area contributed by atoms with Crippen molar-refractivity contribution in [2.75, 3.05) is 6.61 Å². The Hall–Kier alpha value is -1.48. The Morgan fingerprint density at radius 2 is 2.16 bits per heavy atom. The maximum absolute atomic E-state index is 11.7. The van der Waals surface area contributed by atoms with E-state index in [9.17, 15) is 19.8 Å². The summed E-state index contributed by atoms with van der Waals surface area (Å²) < 4.78 is 5.23. The average molecular weight is 274 g/mol. The van der Waals surface area contributed by atoms with Gasteiger partial charge in [-0.05, 0) is 6.92 Å². The van der Waals surface area contributed by atoms with Crippen LogP contribution in [0, 0.1) is 0 Å². The first-order valence-corrected chi connectivity index (χ1v) is 5.64. The molecule has 4 unspecified atom stereocenters. The molecule has 0 spiro atoms. The average Bonchev–Trinajstić information content (AvgIpc) is 2.52. The van der Waals surface area contributed by atoms with Gasteiger partial charge in [0.05, 0.1) is 6.61 Å². The van der Waals surface area contributed by atoms with Crippen LogP contribution in [0.1, 0.15) is 13.8 Å². The third-order valence-electron chi connectivity index (χ3n) is 2.90. The number of imide groups is 1. The second kappa shape index (κ2) is 5.66. The fourth-order valence-electron chi connectivity index (χ4n) is 1.89. The molecule has 8 nitrogen and oxygen atoms in total. The van der Waals surface area contributed by atoms with Crippen molar-refractivity contribution in [2.45, 2.75) is 37.9 Å². The molecule has 1 aliphatic heterocycles. The van der Waals surface area contributed by atoms with E-state index in [1.807, 2.05) is 5.32 Å². The molecule has 0 aliphatic carbocycles. The lowest BCUT2D eigenvalue weighted by Crippen LogP contribution is -2.55. The van der Waals surface area contributed by atoms with Gasteiger partial charge in [-0.25, -0.2) is 4.79 Å². The standard InChI is InChI=1S/C11H18N2O6/c1-4-13(10(17)12-6(2)15)9-11(3,18)8(16)7(5-14)19-9/h4,7-9,14,16,18H,1,5H2,2-3H3,(H,12,15,17). The third-order valence-corrected chi connectivity index (χ3v) is 2.90. The molecule has 0 radical (unpaired) electrons. The maximum atomic E-state index is 11.7. The van der Waals surface area contributed by atoms with Gasteiger partial charge >= 0.3 is 6.03 Å². The Balaban J connectivity index is 2.95. The molecule has 0 aromatic rings. The Morgan fingerprint density at radius 3 is 2.53 bits per heavy atom. The summed E-state index contributed by atoms with van der Waals surface area (Å²) in [6.07, 6.45) is -2.62. The maximum Gasteiger partial charge on any atom is 0.330 e. The number of carbonyl (C=O) groups is 2. The largest absolute Gasteiger partial charge is 0.394 e. The van der Waals surface area contributed by atoms with Crippen molar-refractivity contribution in [3.63, 3.8) is 0 Å². The van der Waals surface area contributed by atoms with Gasteiger partial charge in [-0.1, -0.05) is 6.58 Å². The van der Waals surface area contributed by atoms with Crippen LogP contribution < -0.4 is 5.32 Å². The fourth-order valence-corrected chi connectivity index (χ4v) is 1.89. The summed E-state index contributed by atoms with van der Waals surface area (Å²) in [6.45, 7) is 5.28. The molecule has 0 saturated carbocycles. The highest BCUT2D eigenvalue weighted by atomic mass is 16.6. The molecule has 1 saturated heterocycles. The van der Waals surface area contributed by atoms with Crippen LogP contribution in [0.2, 0.25) is 0 Å². The van der Waals surface area contributed by atoms with Crippen molar-refractivity contribution in [1.82, 2.24) is 10.2 Å². The second-order valence-corrected chi connectivity index (χ2v) is 4.46. The fraction of sp³-hybridized carbons (Fsp3) is 0.636. The molecule has 1 rings (SSSR count). The number of urea groups is 1. The van der Waals surface area contributed by atoms with Crippen molar-refractivity contribution in [3.8, 4) is 0 Å². The minimum absolute atomic E-state index is 0.521. The number of amides is 3. The van der Waals surface area contributed by atoms with E-state index in [0.29, 0.717) is 0 Å². The van der Waals surface area contributed by atoms with E-state index >= 15 is 0 Å². The van der Waals surface area contributed by atoms with E-state index in [0.717, 1.165) is 18.0 Å². The number of hydrogen-bond donors (Lipinski definition) is 4. The van der Waals surface area contributed by atoms with Crippen LogP contribution >= 0.6 is 0 Å². The highest BCUT2D eigenvalue weighted by Gasteiger charge is 2.54. The first kappa shape index (κ1) is 15.6. The number of nitrogens with one attached hydrogen (secondary N) is 1. The smallest absolute Gasteiger partial charge is 0.330 e. The van der Waals surface area contributed by atoms with Gasteiger partial charge in [0.15, 0.2) is 6.23 Å². The highest BCUT2D eigenvalue weighted by Crippen LogP contribution is 2.33. The SMILES string of the molecule is C=CN(C(=O)NC(C)=O)C1OC(CO)C(O)C1(C)O. The summed E-state index contributed by atoms with van der Waals surface area (Å²) in [5.41, 5.74) is -1.81. The predicted molar refractivity (Wildman–Crippen MR) is 63.6 cm³/mol. The lowest BCUT2D eigenvalue weighted by molar-refractivity contribution is -0.120. The highest BCUT2D eigenvalue weighted by molar-refractivity contribution is 5.93. The van der Waals surface area contributed by atoms with Gasteiger partial charge in [0.25, 0.3) is 0 Å². The first-order chi connectivity index (χ1) is 8.75. The molecule has 4 N–H and O–H groups in total. The molecule has 8 heteroatoms. The number of ether oxygens (including phenoxy) is 1. The zero-order chi connectivity index (χ0) is 14.8. The number of aliphatic hydroxyl groups excluding tert-OH is 2. The van der Waals surface area contributed by atoms with E-state index in [2.05, 4.69) is 6.58 Å². The molecular formula is C11H18N2O6. The van der Waals surface area contributed by atoms with Crippen molar-refractivity contribution in [1.29, 1.82) is 0 Å². The number of hydrogen-bond acceptors (Lipinski definition) is 6. The molecule has 108 valence electrons. The van der Waals surface area contributed by atoms with E-state index in [4.69, 9.17) is 9.84 Å². The third kappa shape index (κ3) is 2.92. The van der Waals surface area contributed by atoms with Crippen LogP contribution in [-0.2, 0) is 9.53 Å². The van der Waals surface area contributed by atoms with Crippen molar-refractivity contribution in [2.24, 2.45) is 0 Å². The lowest BCUT2D eigenvalue weighted by Gasteiger charge is -2.33. The Morgan fingerprint density at radius 1 is 1.58 bits per heavy atom. The van der Waals surface area contributed by atoms with E-state index in [1.165, 1.54) is 6.92 Å². The lowest BCUT2D eigenvalue weighted by atomic mass is 9.96. The van der Waals surface area contributed by atoms with Crippen molar-refractivity contribution >= 4 is 11.9 Å². The predicted octanol–water partition coefficient (Wildman–Crippen LogP) is -1.48. The normalized spacial score (nSPS) is 33.8. The molecule has 3 amide bonds. The minimum Gasteiger partial charge on any atom is -0.394 e. The van der Waals surface area contributed by atoms with Crippen molar-refractivity contribution in [3.05, 3.63) is 12.8 Å². The van der Waals surface area contributed by atoms with Crippen LogP contribution in [0.4, 0.5) is 4.79 Å². The van der Waals surface area contributed by atoms with Gasteiger partial charge in [0, 0.05) is 13.1 Å². The minimum atomic E-state index is -1.81. The summed E-state index contributed by atoms with van der Waals surface area (Å²) in [5.74, 6) is -0.589. The summed E-state index contributed by atoms with van der Waals surface area (Å²) in [6, 6.07) is -0.849. The van der Waals surface area contributed by atoms with Crippen molar-refractivity contribution < 1.29 is 29.6 Å². The summed E-state index contributed by atoms with van der Waals surface area (Å²) in [4.78, 5) is 23.4. The molecule has 19 heavy (non-hydrogen) atoms. The quantitative estimate of drug-likeness (QED) is 0.498. The summed E-state index contributed by atoms with van der Waals surface area (Å²) in [5, 5.41) is 31.0. The van der Waals surface area contributed by atoms with Crippen LogP contribution in [0.5, 0.6) is 0 Å². The van der Waals surface area contributed by atoms with Crippen LogP contribution in [0.15, 0.2) is 12.8 Å². The summed E-state index contributed by atoms with van der Waals surface area (Å²) in [7, 11) is 0. The second-order valence-electron chi connectivity index (χ2n) is 4.46. The number of nitrogens with zero attached hydrogens (tertiary/aromatic N) is 1. The number of carbonyl (C=O) groups excluding carboxylic acids is 2. The number of rotatable bonds is 3. The van der Waals surface area contributed by atoms with E-state index in [1.54, 1.807) is 0 Å². The van der Waals surface area contributed by atoms with E-state index < -0.39 is 42.6 Å². The van der Waals surface area contributed by atoms with E-state index in [-0.39, 0.29) is 0 Å². The molecular weight excluding hydrogens is 256 g/mol. The van der Waals surface area contributed by atoms with Crippen LogP contribution in [-0.4, -0.2) is 62.8 Å². The Labute approximate surface area is 110 Å². The molecule has 1 fully saturated rings. The molecule has 0 aromatic carbocycles. The Kier molecular flexibility index (Phi) is 4.64. The van der Waals surface area contributed by atoms with Crippen LogP contribution in [0.3, 0.4) is 0 Å². The first-order valence-electron chi connectivity index (χ1n) is 5.64. The van der Waals surface area contributed by atoms with Gasteiger partial charge in [0.1, 0.15) is 17.8 Å². The molecule has 0 bridgehead atoms. The topological polar surface area (TPSA) is 119 Å². The Bertz CT molecular complexity index is 383. The molecule has 1 aliphatic rings. The molecule has 4 atom stereocenters. The van der Waals surface area contributed by atoms with Gasteiger partial charge < -0.3 is 20.1 Å².